The van der Waals surface area contributed by atoms with Gasteiger partial charge < -0.3 is 29.1 Å². The molecule has 0 aliphatic carbocycles. The van der Waals surface area contributed by atoms with Crippen LogP contribution in [0.25, 0.3) is 0 Å². The first-order chi connectivity index (χ1) is 18.7. The average molecular weight is 558 g/mol. The van der Waals surface area contributed by atoms with Gasteiger partial charge in [-0.1, -0.05) is 27.7 Å². The van der Waals surface area contributed by atoms with E-state index in [1.165, 1.54) is 4.90 Å². The van der Waals surface area contributed by atoms with E-state index in [2.05, 4.69) is 0 Å². The predicted octanol–water partition coefficient (Wildman–Crippen LogP) is 5.25. The van der Waals surface area contributed by atoms with Crippen molar-refractivity contribution >= 4 is 23.3 Å². The standard InChI is InChI=1S/C30H40FN3O6/c1-9-22(29(36)37)40-26-19(30(4,5)6)12-17(13-20(26)33(7)8)21(35)16-34-15-18-14-23(38-10-2)27(39-11-3)25(31)24(18)28(34)32/h12-14,22,32H,9-11,15-16H2,1-8H3,(H,36,37). The molecule has 2 aromatic rings. The molecule has 0 radical (unpaired) electrons. The molecule has 0 aromatic heterocycles. The monoisotopic (exact) mass is 557 g/mol. The van der Waals surface area contributed by atoms with Gasteiger partial charge in [-0.15, -0.1) is 0 Å². The molecule has 40 heavy (non-hydrogen) atoms. The van der Waals surface area contributed by atoms with Gasteiger partial charge in [-0.25, -0.2) is 9.18 Å². The number of rotatable bonds is 12. The maximum absolute atomic E-state index is 15.5. The van der Waals surface area contributed by atoms with Gasteiger partial charge in [0, 0.05) is 31.8 Å². The highest BCUT2D eigenvalue weighted by molar-refractivity contribution is 6.06. The van der Waals surface area contributed by atoms with E-state index in [1.807, 2.05) is 20.8 Å². The number of aliphatic carboxylic acids is 1. The van der Waals surface area contributed by atoms with E-state index in [-0.39, 0.29) is 54.8 Å². The lowest BCUT2D eigenvalue weighted by Gasteiger charge is -2.29. The van der Waals surface area contributed by atoms with Crippen molar-refractivity contribution < 1.29 is 33.3 Å². The number of halogens is 1. The van der Waals surface area contributed by atoms with Crippen LogP contribution in [0.5, 0.6) is 17.2 Å². The fourth-order valence-corrected chi connectivity index (χ4v) is 4.66. The number of nitrogens with zero attached hydrogens (tertiary/aromatic N) is 2. The Labute approximate surface area is 235 Å². The van der Waals surface area contributed by atoms with Gasteiger partial charge in [0.25, 0.3) is 0 Å². The Hall–Kier alpha value is -3.82. The van der Waals surface area contributed by atoms with Crippen molar-refractivity contribution in [3.8, 4) is 17.2 Å². The summed E-state index contributed by atoms with van der Waals surface area (Å²) in [6, 6.07) is 5.08. The number of nitrogens with one attached hydrogen (secondary N) is 1. The zero-order chi connectivity index (χ0) is 29.9. The minimum absolute atomic E-state index is 0.0335. The van der Waals surface area contributed by atoms with Crippen molar-refractivity contribution in [2.24, 2.45) is 0 Å². The van der Waals surface area contributed by atoms with Crippen LogP contribution in [0.4, 0.5) is 10.1 Å². The van der Waals surface area contributed by atoms with Crippen LogP contribution in [-0.4, -0.2) is 67.6 Å². The second-order valence-electron chi connectivity index (χ2n) is 10.9. The Kier molecular flexibility index (Phi) is 9.32. The smallest absolute Gasteiger partial charge is 0.344 e. The number of ether oxygens (including phenoxy) is 3. The number of carboxylic acids is 1. The summed E-state index contributed by atoms with van der Waals surface area (Å²) >= 11 is 0. The maximum Gasteiger partial charge on any atom is 0.344 e. The third-order valence-electron chi connectivity index (χ3n) is 6.69. The topological polar surface area (TPSA) is 112 Å². The first kappa shape index (κ1) is 30.7. The molecule has 2 N–H and O–H groups in total. The number of amidine groups is 1. The lowest BCUT2D eigenvalue weighted by Crippen LogP contribution is -2.31. The van der Waals surface area contributed by atoms with Crippen LogP contribution in [-0.2, 0) is 16.8 Å². The van der Waals surface area contributed by atoms with Crippen LogP contribution in [0.3, 0.4) is 0 Å². The number of hydrogen-bond donors (Lipinski definition) is 2. The molecule has 9 nitrogen and oxygen atoms in total. The van der Waals surface area contributed by atoms with Crippen LogP contribution >= 0.6 is 0 Å². The van der Waals surface area contributed by atoms with E-state index in [0.717, 1.165) is 0 Å². The Morgan fingerprint density at radius 3 is 2.27 bits per heavy atom. The Balaban J connectivity index is 2.00. The summed E-state index contributed by atoms with van der Waals surface area (Å²) in [5.74, 6) is -1.44. The number of carbonyl (C=O) groups excluding carboxylic acids is 1. The van der Waals surface area contributed by atoms with Crippen LogP contribution in [0, 0.1) is 11.2 Å². The van der Waals surface area contributed by atoms with Gasteiger partial charge in [0.1, 0.15) is 11.6 Å². The second-order valence-corrected chi connectivity index (χ2v) is 10.9. The highest BCUT2D eigenvalue weighted by Gasteiger charge is 2.34. The number of fused-ring (bicyclic) bond motifs is 1. The first-order valence-electron chi connectivity index (χ1n) is 13.5. The highest BCUT2D eigenvalue weighted by Crippen LogP contribution is 2.42. The zero-order valence-corrected chi connectivity index (χ0v) is 24.6. The van der Waals surface area contributed by atoms with Crippen molar-refractivity contribution in [1.29, 1.82) is 5.41 Å². The molecule has 0 spiro atoms. The Morgan fingerprint density at radius 2 is 1.75 bits per heavy atom. The molecule has 10 heteroatoms. The quantitative estimate of drug-likeness (QED) is 0.340. The molecule has 218 valence electrons. The fraction of sp³-hybridized carbons (Fsp3) is 0.500. The number of Topliss-reactive ketones (excluding diaryl/α,β-unsaturated/α-hetero) is 1. The summed E-state index contributed by atoms with van der Waals surface area (Å²) in [4.78, 5) is 28.7. The van der Waals surface area contributed by atoms with E-state index < -0.39 is 23.3 Å². The van der Waals surface area contributed by atoms with E-state index in [1.54, 1.807) is 58.0 Å². The van der Waals surface area contributed by atoms with Crippen molar-refractivity contribution in [2.45, 2.75) is 66.0 Å². The molecule has 0 bridgehead atoms. The lowest BCUT2D eigenvalue weighted by atomic mass is 9.84. The minimum atomic E-state index is -1.06. The summed E-state index contributed by atoms with van der Waals surface area (Å²) in [5.41, 5.74) is 1.83. The highest BCUT2D eigenvalue weighted by atomic mass is 19.1. The van der Waals surface area contributed by atoms with Gasteiger partial charge in [0.15, 0.2) is 29.2 Å². The normalized spacial score (nSPS) is 13.6. The van der Waals surface area contributed by atoms with E-state index in [0.29, 0.717) is 34.7 Å². The molecular weight excluding hydrogens is 517 g/mol. The van der Waals surface area contributed by atoms with E-state index >= 15 is 4.39 Å². The summed E-state index contributed by atoms with van der Waals surface area (Å²) in [6.07, 6.45) is -0.764. The number of carboxylic acid groups (broad SMARTS) is 1. The summed E-state index contributed by atoms with van der Waals surface area (Å²) in [7, 11) is 3.60. The molecule has 3 rings (SSSR count). The first-order valence-corrected chi connectivity index (χ1v) is 13.5. The van der Waals surface area contributed by atoms with Gasteiger partial charge in [-0.05, 0) is 49.4 Å². The zero-order valence-electron chi connectivity index (χ0n) is 24.6. The number of benzene rings is 2. The summed E-state index contributed by atoms with van der Waals surface area (Å²) in [6.45, 7) is 11.8. The van der Waals surface area contributed by atoms with Crippen molar-refractivity contribution in [1.82, 2.24) is 4.90 Å². The van der Waals surface area contributed by atoms with Crippen molar-refractivity contribution in [3.63, 3.8) is 0 Å². The number of ketones is 1. The van der Waals surface area contributed by atoms with Gasteiger partial charge in [-0.3, -0.25) is 10.2 Å². The lowest BCUT2D eigenvalue weighted by molar-refractivity contribution is -0.145. The molecular formula is C30H40FN3O6. The molecule has 1 heterocycles. The molecule has 1 aliphatic rings. The van der Waals surface area contributed by atoms with Gasteiger partial charge in [-0.2, -0.15) is 0 Å². The predicted molar refractivity (Wildman–Crippen MR) is 152 cm³/mol. The third-order valence-corrected chi connectivity index (χ3v) is 6.69. The number of anilines is 1. The summed E-state index contributed by atoms with van der Waals surface area (Å²) < 4.78 is 32.6. The minimum Gasteiger partial charge on any atom is -0.490 e. The van der Waals surface area contributed by atoms with Crippen LogP contribution in [0.15, 0.2) is 18.2 Å². The number of hydrogen-bond acceptors (Lipinski definition) is 7. The SMILES string of the molecule is CCOc1cc2c(c(F)c1OCC)C(=N)N(CC(=O)c1cc(N(C)C)c(OC(CC)C(=O)O)c(C(C)(C)C)c1)C2. The molecule has 0 saturated carbocycles. The second kappa shape index (κ2) is 12.1. The maximum atomic E-state index is 15.5. The van der Waals surface area contributed by atoms with Crippen LogP contribution in [0.2, 0.25) is 0 Å². The van der Waals surface area contributed by atoms with Crippen LogP contribution < -0.4 is 19.1 Å². The van der Waals surface area contributed by atoms with Gasteiger partial charge >= 0.3 is 5.97 Å². The Bertz CT molecular complexity index is 1300. The van der Waals surface area contributed by atoms with Gasteiger partial charge in [0.2, 0.25) is 0 Å². The molecule has 1 unspecified atom stereocenters. The molecule has 0 fully saturated rings. The van der Waals surface area contributed by atoms with E-state index in [9.17, 15) is 14.7 Å². The fourth-order valence-electron chi connectivity index (χ4n) is 4.66. The largest absolute Gasteiger partial charge is 0.490 e. The average Bonchev–Trinajstić information content (AvgIpc) is 3.18. The van der Waals surface area contributed by atoms with Crippen molar-refractivity contribution in [3.05, 3.63) is 46.3 Å². The molecule has 0 saturated heterocycles. The molecule has 1 aliphatic heterocycles. The summed E-state index contributed by atoms with van der Waals surface area (Å²) in [5, 5.41) is 18.3. The van der Waals surface area contributed by atoms with Crippen LogP contribution in [0.1, 0.15) is 75.0 Å². The Morgan fingerprint density at radius 1 is 1.10 bits per heavy atom. The number of carbonyl (C=O) groups is 2. The molecule has 0 amide bonds. The molecule has 2 aromatic carbocycles. The van der Waals surface area contributed by atoms with Gasteiger partial charge in [0.05, 0.1) is 31.0 Å². The van der Waals surface area contributed by atoms with E-state index in [4.69, 9.17) is 19.6 Å². The third kappa shape index (κ3) is 6.16. The molecule has 1 atom stereocenters. The van der Waals surface area contributed by atoms with Crippen molar-refractivity contribution in [2.75, 3.05) is 38.8 Å².